The quantitative estimate of drug-likeness (QED) is 0.0554. The number of aliphatic hydroxyl groups is 2. The molecule has 47 heavy (non-hydrogen) atoms. The summed E-state index contributed by atoms with van der Waals surface area (Å²) in [6.45, 7) is 5.55. The lowest BCUT2D eigenvalue weighted by atomic mass is 10.0. The van der Waals surface area contributed by atoms with E-state index in [0.29, 0.717) is 25.8 Å². The van der Waals surface area contributed by atoms with Crippen LogP contribution in [-0.2, 0) is 33.6 Å². The van der Waals surface area contributed by atoms with Crippen LogP contribution in [-0.4, -0.2) is 130 Å². The lowest BCUT2D eigenvalue weighted by molar-refractivity contribution is -0.142. The zero-order valence-corrected chi connectivity index (χ0v) is 27.5. The smallest absolute Gasteiger partial charge is 0.326 e. The molecule has 0 unspecified atom stereocenters. The van der Waals surface area contributed by atoms with Crippen molar-refractivity contribution in [3.8, 4) is 0 Å². The third-order valence-electron chi connectivity index (χ3n) is 7.58. The maximum absolute atomic E-state index is 13.3. The van der Waals surface area contributed by atoms with Crippen LogP contribution >= 0.6 is 0 Å². The molecule has 1 saturated heterocycles. The number of nitrogens with one attached hydrogen (secondary N) is 5. The Morgan fingerprint density at radius 1 is 0.851 bits per heavy atom. The van der Waals surface area contributed by atoms with E-state index in [0.717, 1.165) is 0 Å². The van der Waals surface area contributed by atoms with Crippen molar-refractivity contribution >= 4 is 41.4 Å². The average Bonchev–Trinajstić information content (AvgIpc) is 3.51. The number of amides is 6. The van der Waals surface area contributed by atoms with E-state index in [-0.39, 0.29) is 31.7 Å². The van der Waals surface area contributed by atoms with Gasteiger partial charge in [-0.3, -0.25) is 28.8 Å². The molecule has 1 aliphatic heterocycles. The molecule has 18 heteroatoms. The summed E-state index contributed by atoms with van der Waals surface area (Å²) in [5.74, 6) is -5.64. The first kappa shape index (κ1) is 41.2. The summed E-state index contributed by atoms with van der Waals surface area (Å²) in [5.41, 5.74) is 11.0. The van der Waals surface area contributed by atoms with E-state index in [1.165, 1.54) is 18.7 Å². The van der Waals surface area contributed by atoms with Crippen molar-refractivity contribution in [1.29, 1.82) is 0 Å². The minimum Gasteiger partial charge on any atom is -0.480 e. The highest BCUT2D eigenvalue weighted by atomic mass is 16.4. The predicted octanol–water partition coefficient (Wildman–Crippen LogP) is -3.99. The number of carbonyl (C=O) groups excluding carboxylic acids is 6. The summed E-state index contributed by atoms with van der Waals surface area (Å²) in [4.78, 5) is 89.5. The molecule has 0 spiro atoms. The number of carboxylic acids is 1. The van der Waals surface area contributed by atoms with Crippen LogP contribution in [0.25, 0.3) is 0 Å². The molecule has 0 aromatic heterocycles. The van der Waals surface area contributed by atoms with Crippen LogP contribution in [0, 0.1) is 5.92 Å². The number of carbonyl (C=O) groups is 7. The van der Waals surface area contributed by atoms with Gasteiger partial charge in [0.1, 0.15) is 36.3 Å². The first-order valence-electron chi connectivity index (χ1n) is 15.8. The van der Waals surface area contributed by atoms with Gasteiger partial charge in [-0.05, 0) is 64.8 Å². The second-order valence-electron chi connectivity index (χ2n) is 12.1. The Kier molecular flexibility index (Phi) is 17.8. The van der Waals surface area contributed by atoms with Crippen molar-refractivity contribution in [2.75, 3.05) is 26.2 Å². The highest BCUT2D eigenvalue weighted by molar-refractivity contribution is 5.96. The van der Waals surface area contributed by atoms with Gasteiger partial charge in [0.2, 0.25) is 35.4 Å². The number of nitrogens with zero attached hydrogens (tertiary/aromatic N) is 1. The first-order valence-corrected chi connectivity index (χ1v) is 15.8. The third-order valence-corrected chi connectivity index (χ3v) is 7.58. The monoisotopic (exact) mass is 672 g/mol. The van der Waals surface area contributed by atoms with Crippen molar-refractivity contribution in [3.63, 3.8) is 0 Å². The zero-order chi connectivity index (χ0) is 35.8. The predicted molar refractivity (Wildman–Crippen MR) is 168 cm³/mol. The van der Waals surface area contributed by atoms with E-state index in [9.17, 15) is 48.9 Å². The van der Waals surface area contributed by atoms with Gasteiger partial charge in [0.25, 0.3) is 0 Å². The molecule has 0 saturated carbocycles. The van der Waals surface area contributed by atoms with Gasteiger partial charge in [-0.1, -0.05) is 13.8 Å². The summed E-state index contributed by atoms with van der Waals surface area (Å²) in [6.07, 6.45) is 0.998. The first-order chi connectivity index (χ1) is 22.0. The Balaban J connectivity index is 2.84. The van der Waals surface area contributed by atoms with E-state index >= 15 is 0 Å². The fourth-order valence-corrected chi connectivity index (χ4v) is 4.80. The fourth-order valence-electron chi connectivity index (χ4n) is 4.80. The van der Waals surface area contributed by atoms with Gasteiger partial charge in [0.15, 0.2) is 0 Å². The van der Waals surface area contributed by atoms with Gasteiger partial charge in [-0.15, -0.1) is 0 Å². The highest BCUT2D eigenvalue weighted by Gasteiger charge is 2.37. The topological polar surface area (TPSA) is 296 Å². The normalized spacial score (nSPS) is 18.2. The summed E-state index contributed by atoms with van der Waals surface area (Å²) < 4.78 is 0. The van der Waals surface area contributed by atoms with Crippen molar-refractivity contribution < 1.29 is 48.9 Å². The van der Waals surface area contributed by atoms with E-state index < -0.39 is 96.9 Å². The molecule has 268 valence electrons. The zero-order valence-electron chi connectivity index (χ0n) is 27.5. The number of hydrogen-bond acceptors (Lipinski definition) is 11. The Labute approximate surface area is 274 Å². The molecule has 0 bridgehead atoms. The molecule has 12 N–H and O–H groups in total. The summed E-state index contributed by atoms with van der Waals surface area (Å²) in [5, 5.41) is 40.5. The second kappa shape index (κ2) is 20.4. The molecule has 1 rings (SSSR count). The Hall–Kier alpha value is -3.87. The van der Waals surface area contributed by atoms with Crippen LogP contribution in [0.1, 0.15) is 66.2 Å². The van der Waals surface area contributed by atoms with Crippen molar-refractivity contribution in [3.05, 3.63) is 0 Å². The number of carboxylic acid groups (broad SMARTS) is 1. The molecule has 1 heterocycles. The number of rotatable bonds is 20. The lowest BCUT2D eigenvalue weighted by Crippen LogP contribution is -2.58. The average molecular weight is 673 g/mol. The van der Waals surface area contributed by atoms with Crippen LogP contribution < -0.4 is 38.1 Å². The largest absolute Gasteiger partial charge is 0.480 e. The van der Waals surface area contributed by atoms with E-state index in [4.69, 9.17) is 11.5 Å². The summed E-state index contributed by atoms with van der Waals surface area (Å²) >= 11 is 0. The van der Waals surface area contributed by atoms with Crippen LogP contribution in [0.4, 0.5) is 0 Å². The standard InChI is InChI=1S/C29H52N8O10/c1-15(2)12-19(26(43)33-16(3)24(41)34-18(29(46)47)8-5-6-10-30)35-27(44)21-9-7-11-37(21)22(40)13-32-25(42)20(14-38)36-28(45)23(31)17(4)39/h15-21,23,38-39H,5-14,30-31H2,1-4H3,(H,32,42)(H,33,43)(H,34,41)(H,35,44)(H,36,45)(H,46,47)/t16-,17+,18-,19-,20-,21-,23-/m0/s1. The fraction of sp³-hybridized carbons (Fsp3) is 0.759. The molecule has 0 aliphatic carbocycles. The molecule has 1 fully saturated rings. The molecule has 18 nitrogen and oxygen atoms in total. The van der Waals surface area contributed by atoms with Crippen LogP contribution in [0.2, 0.25) is 0 Å². The minimum absolute atomic E-state index is 0.0549. The second-order valence-corrected chi connectivity index (χ2v) is 12.1. The lowest BCUT2D eigenvalue weighted by Gasteiger charge is -2.28. The molecule has 6 amide bonds. The minimum atomic E-state index is -1.44. The molecule has 0 radical (unpaired) electrons. The number of aliphatic carboxylic acids is 1. The van der Waals surface area contributed by atoms with E-state index in [1.54, 1.807) is 0 Å². The van der Waals surface area contributed by atoms with E-state index in [1.807, 2.05) is 13.8 Å². The van der Waals surface area contributed by atoms with Crippen LogP contribution in [0.5, 0.6) is 0 Å². The van der Waals surface area contributed by atoms with Gasteiger partial charge < -0.3 is 58.3 Å². The van der Waals surface area contributed by atoms with Crippen LogP contribution in [0.3, 0.4) is 0 Å². The Bertz CT molecular complexity index is 1100. The molecule has 0 aromatic rings. The summed E-state index contributed by atoms with van der Waals surface area (Å²) in [6, 6.07) is -7.08. The SMILES string of the molecule is CC(C)C[C@H](NC(=O)[C@@H]1CCCN1C(=O)CNC(=O)[C@H](CO)NC(=O)[C@@H](N)[C@@H](C)O)C(=O)N[C@@H](C)C(=O)N[C@@H](CCCCN)C(=O)O. The number of aliphatic hydroxyl groups excluding tert-OH is 2. The van der Waals surface area contributed by atoms with Gasteiger partial charge in [0.05, 0.1) is 19.3 Å². The highest BCUT2D eigenvalue weighted by Crippen LogP contribution is 2.18. The van der Waals surface area contributed by atoms with Crippen molar-refractivity contribution in [2.24, 2.45) is 17.4 Å². The number of unbranched alkanes of at least 4 members (excludes halogenated alkanes) is 1. The van der Waals surface area contributed by atoms with Crippen LogP contribution in [0.15, 0.2) is 0 Å². The van der Waals surface area contributed by atoms with Crippen molar-refractivity contribution in [1.82, 2.24) is 31.5 Å². The van der Waals surface area contributed by atoms with Crippen molar-refractivity contribution in [2.45, 2.75) is 109 Å². The molecule has 0 aromatic carbocycles. The molecule has 7 atom stereocenters. The van der Waals surface area contributed by atoms with Gasteiger partial charge in [-0.2, -0.15) is 0 Å². The Morgan fingerprint density at radius 3 is 2.04 bits per heavy atom. The summed E-state index contributed by atoms with van der Waals surface area (Å²) in [7, 11) is 0. The Morgan fingerprint density at radius 2 is 1.49 bits per heavy atom. The third kappa shape index (κ3) is 13.8. The molecular weight excluding hydrogens is 620 g/mol. The molecule has 1 aliphatic rings. The maximum Gasteiger partial charge on any atom is 0.326 e. The number of hydrogen-bond donors (Lipinski definition) is 10. The number of nitrogens with two attached hydrogens (primary N) is 2. The number of likely N-dealkylation sites (tertiary alicyclic amines) is 1. The molecular formula is C29H52N8O10. The van der Waals surface area contributed by atoms with Gasteiger partial charge in [0, 0.05) is 6.54 Å². The maximum atomic E-state index is 13.3. The van der Waals surface area contributed by atoms with Gasteiger partial charge in [-0.25, -0.2) is 4.79 Å². The van der Waals surface area contributed by atoms with Gasteiger partial charge >= 0.3 is 5.97 Å². The van der Waals surface area contributed by atoms with E-state index in [2.05, 4.69) is 26.6 Å².